The Hall–Kier alpha value is -3.09. The van der Waals surface area contributed by atoms with E-state index in [1.807, 2.05) is 4.90 Å². The van der Waals surface area contributed by atoms with E-state index in [1.54, 1.807) is 23.6 Å². The Morgan fingerprint density at radius 2 is 2.34 bits per heavy atom. The van der Waals surface area contributed by atoms with Crippen molar-refractivity contribution in [1.82, 2.24) is 15.0 Å². The Bertz CT molecular complexity index is 1060. The number of amides is 1. The van der Waals surface area contributed by atoms with Crippen molar-refractivity contribution >= 4 is 22.2 Å². The van der Waals surface area contributed by atoms with Crippen molar-refractivity contribution in [3.05, 3.63) is 53.0 Å². The highest BCUT2D eigenvalue weighted by molar-refractivity contribution is 7.14. The van der Waals surface area contributed by atoms with Crippen molar-refractivity contribution in [3.63, 3.8) is 0 Å². The number of benzene rings is 1. The number of rotatable bonds is 5. The van der Waals surface area contributed by atoms with Crippen molar-refractivity contribution in [3.8, 4) is 17.5 Å². The van der Waals surface area contributed by atoms with Crippen LogP contribution < -0.4 is 5.32 Å². The molecular formula is C20H18FN5O2S. The molecule has 1 atom stereocenters. The predicted molar refractivity (Wildman–Crippen MR) is 106 cm³/mol. The molecule has 3 heterocycles. The molecule has 1 amide bonds. The molecule has 3 aromatic rings. The van der Waals surface area contributed by atoms with E-state index in [1.165, 1.54) is 23.5 Å². The summed E-state index contributed by atoms with van der Waals surface area (Å²) in [5.41, 5.74) is 1.03. The first-order chi connectivity index (χ1) is 14.1. The fraction of sp³-hybridized carbons (Fsp3) is 0.300. The minimum atomic E-state index is -0.353. The molecule has 9 heteroatoms. The number of likely N-dealkylation sites (tertiary alicyclic amines) is 1. The van der Waals surface area contributed by atoms with Gasteiger partial charge in [0, 0.05) is 12.1 Å². The Morgan fingerprint density at radius 3 is 3.17 bits per heavy atom. The molecule has 1 aliphatic rings. The van der Waals surface area contributed by atoms with Crippen molar-refractivity contribution in [1.29, 1.82) is 5.26 Å². The van der Waals surface area contributed by atoms with Gasteiger partial charge < -0.3 is 9.84 Å². The van der Waals surface area contributed by atoms with Crippen LogP contribution in [0.4, 0.5) is 9.39 Å². The molecule has 1 aromatic carbocycles. The molecule has 0 radical (unpaired) electrons. The van der Waals surface area contributed by atoms with Crippen LogP contribution in [0.25, 0.3) is 11.4 Å². The van der Waals surface area contributed by atoms with Crippen LogP contribution in [-0.4, -0.2) is 40.6 Å². The van der Waals surface area contributed by atoms with E-state index in [0.717, 1.165) is 19.4 Å². The monoisotopic (exact) mass is 411 g/mol. The van der Waals surface area contributed by atoms with E-state index in [4.69, 9.17) is 9.78 Å². The summed E-state index contributed by atoms with van der Waals surface area (Å²) in [6.07, 6.45) is 1.78. The van der Waals surface area contributed by atoms with E-state index < -0.39 is 0 Å². The topological polar surface area (TPSA) is 95.1 Å². The summed E-state index contributed by atoms with van der Waals surface area (Å²) in [5.74, 6) is 0.364. The molecule has 0 saturated carbocycles. The number of piperidine rings is 1. The third-order valence-corrected chi connectivity index (χ3v) is 5.61. The maximum Gasteiger partial charge on any atom is 0.239 e. The van der Waals surface area contributed by atoms with Gasteiger partial charge in [0.15, 0.2) is 0 Å². The lowest BCUT2D eigenvalue weighted by Gasteiger charge is -2.30. The fourth-order valence-electron chi connectivity index (χ4n) is 3.41. The van der Waals surface area contributed by atoms with Crippen molar-refractivity contribution in [2.75, 3.05) is 25.0 Å². The number of hydrogen-bond acceptors (Lipinski definition) is 7. The lowest BCUT2D eigenvalue weighted by atomic mass is 9.98. The summed E-state index contributed by atoms with van der Waals surface area (Å²) in [4.78, 5) is 18.8. The lowest BCUT2D eigenvalue weighted by Crippen LogP contribution is -2.39. The Labute approximate surface area is 170 Å². The van der Waals surface area contributed by atoms with Gasteiger partial charge in [0.05, 0.1) is 18.0 Å². The summed E-state index contributed by atoms with van der Waals surface area (Å²) in [5, 5.41) is 18.2. The summed E-state index contributed by atoms with van der Waals surface area (Å²) in [6, 6.07) is 9.82. The number of nitrogens with one attached hydrogen (secondary N) is 1. The number of nitrogens with zero attached hydrogens (tertiary/aromatic N) is 4. The van der Waals surface area contributed by atoms with Gasteiger partial charge in [-0.3, -0.25) is 9.69 Å². The predicted octanol–water partition coefficient (Wildman–Crippen LogP) is 3.63. The van der Waals surface area contributed by atoms with Crippen molar-refractivity contribution in [2.45, 2.75) is 18.8 Å². The zero-order chi connectivity index (χ0) is 20.2. The van der Waals surface area contributed by atoms with Gasteiger partial charge in [0.25, 0.3) is 0 Å². The molecule has 1 N–H and O–H groups in total. The number of carbonyl (C=O) groups excluding carboxylic acids is 1. The third-order valence-electron chi connectivity index (χ3n) is 4.79. The largest absolute Gasteiger partial charge is 0.339 e. The van der Waals surface area contributed by atoms with Gasteiger partial charge in [-0.25, -0.2) is 4.39 Å². The van der Waals surface area contributed by atoms with Gasteiger partial charge in [-0.1, -0.05) is 17.3 Å². The second-order valence-corrected chi connectivity index (χ2v) is 7.78. The number of halogens is 1. The molecular weight excluding hydrogens is 393 g/mol. The van der Waals surface area contributed by atoms with E-state index >= 15 is 0 Å². The quantitative estimate of drug-likeness (QED) is 0.689. The summed E-state index contributed by atoms with van der Waals surface area (Å²) in [6.45, 7) is 1.64. The second-order valence-electron chi connectivity index (χ2n) is 6.86. The van der Waals surface area contributed by atoms with Gasteiger partial charge in [-0.15, -0.1) is 11.3 Å². The highest BCUT2D eigenvalue weighted by atomic mass is 32.1. The maximum absolute atomic E-state index is 13.4. The molecule has 148 valence electrons. The number of anilines is 1. The van der Waals surface area contributed by atoms with Crippen LogP contribution >= 0.6 is 11.3 Å². The Kier molecular flexibility index (Phi) is 5.64. The molecule has 4 rings (SSSR count). The molecule has 2 aromatic heterocycles. The Morgan fingerprint density at radius 1 is 1.45 bits per heavy atom. The van der Waals surface area contributed by atoms with Crippen LogP contribution in [0.5, 0.6) is 0 Å². The number of aromatic nitrogens is 2. The van der Waals surface area contributed by atoms with E-state index in [0.29, 0.717) is 34.4 Å². The van der Waals surface area contributed by atoms with Crippen LogP contribution in [0, 0.1) is 17.1 Å². The first-order valence-corrected chi connectivity index (χ1v) is 10.1. The van der Waals surface area contributed by atoms with E-state index in [9.17, 15) is 9.18 Å². The smallest absolute Gasteiger partial charge is 0.239 e. The molecule has 0 bridgehead atoms. The maximum atomic E-state index is 13.4. The SMILES string of the molecule is N#Cc1ccsc1NC(=O)CN1CCCC(c2nc(-c3cccc(F)c3)no2)C1. The number of thiophene rings is 1. The average Bonchev–Trinajstić information content (AvgIpc) is 3.37. The van der Waals surface area contributed by atoms with Crippen LogP contribution in [0.1, 0.15) is 30.2 Å². The van der Waals surface area contributed by atoms with Gasteiger partial charge in [0.1, 0.15) is 16.9 Å². The first-order valence-electron chi connectivity index (χ1n) is 9.21. The van der Waals surface area contributed by atoms with Crippen molar-refractivity contribution < 1.29 is 13.7 Å². The number of hydrogen-bond donors (Lipinski definition) is 1. The molecule has 1 fully saturated rings. The molecule has 29 heavy (non-hydrogen) atoms. The van der Waals surface area contributed by atoms with Crippen LogP contribution in [0.2, 0.25) is 0 Å². The fourth-order valence-corrected chi connectivity index (χ4v) is 4.16. The molecule has 0 aliphatic carbocycles. The minimum absolute atomic E-state index is 0.0165. The lowest BCUT2D eigenvalue weighted by molar-refractivity contribution is -0.117. The van der Waals surface area contributed by atoms with Crippen LogP contribution in [0.15, 0.2) is 40.2 Å². The van der Waals surface area contributed by atoms with Crippen LogP contribution in [-0.2, 0) is 4.79 Å². The van der Waals surface area contributed by atoms with Crippen molar-refractivity contribution in [2.24, 2.45) is 0 Å². The van der Waals surface area contributed by atoms with Gasteiger partial charge in [-0.2, -0.15) is 10.2 Å². The van der Waals surface area contributed by atoms with E-state index in [-0.39, 0.29) is 24.2 Å². The van der Waals surface area contributed by atoms with E-state index in [2.05, 4.69) is 21.5 Å². The summed E-state index contributed by atoms with van der Waals surface area (Å²) >= 11 is 1.33. The number of nitriles is 1. The highest BCUT2D eigenvalue weighted by Crippen LogP contribution is 2.28. The third kappa shape index (κ3) is 4.50. The van der Waals surface area contributed by atoms with Crippen LogP contribution in [0.3, 0.4) is 0 Å². The van der Waals surface area contributed by atoms with Gasteiger partial charge >= 0.3 is 0 Å². The average molecular weight is 411 g/mol. The number of carbonyl (C=O) groups is 1. The molecule has 1 unspecified atom stereocenters. The first kappa shape index (κ1) is 19.2. The highest BCUT2D eigenvalue weighted by Gasteiger charge is 2.27. The normalized spacial score (nSPS) is 17.0. The molecule has 1 aliphatic heterocycles. The summed E-state index contributed by atoms with van der Waals surface area (Å²) in [7, 11) is 0. The molecule has 7 nitrogen and oxygen atoms in total. The van der Waals surface area contributed by atoms with Gasteiger partial charge in [-0.05, 0) is 43.0 Å². The van der Waals surface area contributed by atoms with Gasteiger partial charge in [0.2, 0.25) is 17.6 Å². The summed E-state index contributed by atoms with van der Waals surface area (Å²) < 4.78 is 18.8. The standard InChI is InChI=1S/C20H18FN5O2S/c21-16-5-1-3-13(9-16)18-24-19(28-25-18)15-4-2-7-26(11-15)12-17(27)23-20-14(10-22)6-8-29-20/h1,3,5-6,8-9,15H,2,4,7,11-12H2,(H,23,27). The molecule has 0 spiro atoms. The Balaban J connectivity index is 1.38. The second kappa shape index (κ2) is 8.51. The zero-order valence-corrected chi connectivity index (χ0v) is 16.3. The zero-order valence-electron chi connectivity index (χ0n) is 15.5. The minimum Gasteiger partial charge on any atom is -0.339 e. The molecule has 1 saturated heterocycles.